The molecule has 3 aromatic carbocycles. The van der Waals surface area contributed by atoms with Crippen LogP contribution in [0.1, 0.15) is 21.5 Å². The lowest BCUT2D eigenvalue weighted by Gasteiger charge is -2.38. The van der Waals surface area contributed by atoms with Crippen molar-refractivity contribution >= 4 is 17.5 Å². The molecule has 1 fully saturated rings. The van der Waals surface area contributed by atoms with Crippen molar-refractivity contribution in [3.8, 4) is 0 Å². The Labute approximate surface area is 202 Å². The van der Waals surface area contributed by atoms with Gasteiger partial charge in [-0.1, -0.05) is 54.6 Å². The minimum absolute atomic E-state index is 0.207. The van der Waals surface area contributed by atoms with Crippen molar-refractivity contribution in [2.45, 2.75) is 18.6 Å². The molecule has 1 aliphatic heterocycles. The third-order valence-corrected chi connectivity index (χ3v) is 6.05. The molecule has 1 unspecified atom stereocenters. The van der Waals surface area contributed by atoms with E-state index < -0.39 is 17.8 Å². The molecule has 0 saturated carbocycles. The van der Waals surface area contributed by atoms with Gasteiger partial charge < -0.3 is 15.1 Å². The average molecular weight is 482 g/mol. The number of carbonyl (C=O) groups excluding carboxylic acids is 2. The fourth-order valence-electron chi connectivity index (χ4n) is 4.17. The molecule has 1 heterocycles. The number of piperazine rings is 1. The van der Waals surface area contributed by atoms with Crippen LogP contribution in [0.3, 0.4) is 0 Å². The zero-order chi connectivity index (χ0) is 24.8. The topological polar surface area (TPSA) is 52.7 Å². The lowest BCUT2D eigenvalue weighted by atomic mass is 10.0. The summed E-state index contributed by atoms with van der Waals surface area (Å²) < 4.78 is 39.3. The Bertz CT molecular complexity index is 1150. The van der Waals surface area contributed by atoms with Gasteiger partial charge in [0.2, 0.25) is 5.91 Å². The first kappa shape index (κ1) is 24.3. The maximum absolute atomic E-state index is 13.4. The average Bonchev–Trinajstić information content (AvgIpc) is 2.88. The highest BCUT2D eigenvalue weighted by molar-refractivity contribution is 5.97. The van der Waals surface area contributed by atoms with E-state index in [4.69, 9.17) is 0 Å². The molecule has 0 radical (unpaired) electrons. The van der Waals surface area contributed by atoms with Crippen LogP contribution in [-0.4, -0.2) is 48.9 Å². The lowest BCUT2D eigenvalue weighted by Crippen LogP contribution is -2.55. The number of rotatable bonds is 6. The molecule has 1 atom stereocenters. The van der Waals surface area contributed by atoms with Crippen molar-refractivity contribution in [2.24, 2.45) is 0 Å². The highest BCUT2D eigenvalue weighted by atomic mass is 19.4. The molecule has 1 N–H and O–H groups in total. The minimum atomic E-state index is -4.41. The molecule has 0 aliphatic carbocycles. The first-order chi connectivity index (χ1) is 16.8. The SMILES string of the molecule is O=C(NC(Cc1ccccc1)C(=O)N1CCN(c2cccc(C(F)(F)F)c2)CC1)c1ccccc1. The van der Waals surface area contributed by atoms with E-state index in [1.807, 2.05) is 41.3 Å². The van der Waals surface area contributed by atoms with Crippen LogP contribution >= 0.6 is 0 Å². The second-order valence-electron chi connectivity index (χ2n) is 8.44. The Morgan fingerprint density at radius 2 is 1.46 bits per heavy atom. The van der Waals surface area contributed by atoms with Gasteiger partial charge in [-0.2, -0.15) is 13.2 Å². The minimum Gasteiger partial charge on any atom is -0.368 e. The van der Waals surface area contributed by atoms with Crippen LogP contribution in [0.2, 0.25) is 0 Å². The fraction of sp³-hybridized carbons (Fsp3) is 0.259. The summed E-state index contributed by atoms with van der Waals surface area (Å²) in [5.74, 6) is -0.538. The van der Waals surface area contributed by atoms with E-state index in [2.05, 4.69) is 5.32 Å². The highest BCUT2D eigenvalue weighted by Gasteiger charge is 2.32. The molecule has 35 heavy (non-hydrogen) atoms. The summed E-state index contributed by atoms with van der Waals surface area (Å²) in [4.78, 5) is 29.8. The number of hydrogen-bond donors (Lipinski definition) is 1. The first-order valence-corrected chi connectivity index (χ1v) is 11.4. The largest absolute Gasteiger partial charge is 0.416 e. The molecule has 4 rings (SSSR count). The number of anilines is 1. The molecule has 182 valence electrons. The first-order valence-electron chi connectivity index (χ1n) is 11.4. The molecule has 0 spiro atoms. The predicted octanol–water partition coefficient (Wildman–Crippen LogP) is 4.40. The Morgan fingerprint density at radius 3 is 2.09 bits per heavy atom. The Kier molecular flexibility index (Phi) is 7.39. The van der Waals surface area contributed by atoms with E-state index in [-0.39, 0.29) is 11.8 Å². The van der Waals surface area contributed by atoms with Crippen molar-refractivity contribution in [3.63, 3.8) is 0 Å². The standard InChI is InChI=1S/C27H26F3N3O2/c28-27(29,30)22-12-7-13-23(19-22)32-14-16-33(17-15-32)26(35)24(18-20-8-3-1-4-9-20)31-25(34)21-10-5-2-6-11-21/h1-13,19,24H,14-18H2,(H,31,34). The van der Waals surface area contributed by atoms with Crippen LogP contribution in [0, 0.1) is 0 Å². The molecule has 3 aromatic rings. The second-order valence-corrected chi connectivity index (χ2v) is 8.44. The van der Waals surface area contributed by atoms with Gasteiger partial charge >= 0.3 is 6.18 Å². The summed E-state index contributed by atoms with van der Waals surface area (Å²) in [6.45, 7) is 1.50. The number of alkyl halides is 3. The van der Waals surface area contributed by atoms with E-state index in [0.29, 0.717) is 43.9 Å². The van der Waals surface area contributed by atoms with Gasteiger partial charge in [-0.3, -0.25) is 9.59 Å². The summed E-state index contributed by atoms with van der Waals surface area (Å²) >= 11 is 0. The monoisotopic (exact) mass is 481 g/mol. The number of halogens is 3. The van der Waals surface area contributed by atoms with Crippen molar-refractivity contribution in [3.05, 3.63) is 102 Å². The van der Waals surface area contributed by atoms with E-state index in [1.165, 1.54) is 6.07 Å². The number of carbonyl (C=O) groups is 2. The predicted molar refractivity (Wildman–Crippen MR) is 128 cm³/mol. The van der Waals surface area contributed by atoms with Crippen molar-refractivity contribution in [2.75, 3.05) is 31.1 Å². The van der Waals surface area contributed by atoms with Crippen LogP contribution in [0.25, 0.3) is 0 Å². The van der Waals surface area contributed by atoms with Gasteiger partial charge in [0.1, 0.15) is 6.04 Å². The van der Waals surface area contributed by atoms with E-state index >= 15 is 0 Å². The number of hydrogen-bond acceptors (Lipinski definition) is 3. The highest BCUT2D eigenvalue weighted by Crippen LogP contribution is 2.32. The van der Waals surface area contributed by atoms with Crippen LogP contribution < -0.4 is 10.2 Å². The van der Waals surface area contributed by atoms with Gasteiger partial charge in [-0.25, -0.2) is 0 Å². The molecule has 1 aliphatic rings. The van der Waals surface area contributed by atoms with Crippen LogP contribution in [-0.2, 0) is 17.4 Å². The van der Waals surface area contributed by atoms with Gasteiger partial charge in [0, 0.05) is 43.9 Å². The zero-order valence-electron chi connectivity index (χ0n) is 19.0. The summed E-state index contributed by atoms with van der Waals surface area (Å²) in [5, 5.41) is 2.88. The molecule has 5 nitrogen and oxygen atoms in total. The second kappa shape index (κ2) is 10.6. The lowest BCUT2D eigenvalue weighted by molar-refractivity contribution is -0.137. The van der Waals surface area contributed by atoms with E-state index in [0.717, 1.165) is 17.7 Å². The summed E-state index contributed by atoms with van der Waals surface area (Å²) in [6.07, 6.45) is -4.07. The molecule has 1 saturated heterocycles. The normalized spacial score (nSPS) is 14.9. The maximum Gasteiger partial charge on any atom is 0.416 e. The van der Waals surface area contributed by atoms with Gasteiger partial charge in [0.25, 0.3) is 5.91 Å². The molecular formula is C27H26F3N3O2. The Morgan fingerprint density at radius 1 is 0.829 bits per heavy atom. The molecule has 0 aromatic heterocycles. The molecular weight excluding hydrogens is 455 g/mol. The Balaban J connectivity index is 1.45. The number of nitrogens with zero attached hydrogens (tertiary/aromatic N) is 2. The number of benzene rings is 3. The maximum atomic E-state index is 13.4. The number of nitrogens with one attached hydrogen (secondary N) is 1. The van der Waals surface area contributed by atoms with Gasteiger partial charge in [0.15, 0.2) is 0 Å². The Hall–Kier alpha value is -3.81. The van der Waals surface area contributed by atoms with Crippen LogP contribution in [0.15, 0.2) is 84.9 Å². The molecule has 8 heteroatoms. The summed E-state index contributed by atoms with van der Waals surface area (Å²) in [5.41, 5.74) is 1.17. The van der Waals surface area contributed by atoms with Crippen molar-refractivity contribution < 1.29 is 22.8 Å². The van der Waals surface area contributed by atoms with Gasteiger partial charge in [-0.05, 0) is 35.9 Å². The number of amides is 2. The molecule has 0 bridgehead atoms. The zero-order valence-corrected chi connectivity index (χ0v) is 19.0. The summed E-state index contributed by atoms with van der Waals surface area (Å²) in [7, 11) is 0. The van der Waals surface area contributed by atoms with Gasteiger partial charge in [-0.15, -0.1) is 0 Å². The van der Waals surface area contributed by atoms with E-state index in [1.54, 1.807) is 35.2 Å². The van der Waals surface area contributed by atoms with Crippen LogP contribution in [0.5, 0.6) is 0 Å². The van der Waals surface area contributed by atoms with Crippen LogP contribution in [0.4, 0.5) is 18.9 Å². The molecule has 2 amide bonds. The van der Waals surface area contributed by atoms with Crippen molar-refractivity contribution in [1.29, 1.82) is 0 Å². The third-order valence-electron chi connectivity index (χ3n) is 6.05. The van der Waals surface area contributed by atoms with Gasteiger partial charge in [0.05, 0.1) is 5.56 Å². The quantitative estimate of drug-likeness (QED) is 0.568. The third kappa shape index (κ3) is 6.20. The van der Waals surface area contributed by atoms with Crippen molar-refractivity contribution in [1.82, 2.24) is 10.2 Å². The van der Waals surface area contributed by atoms with E-state index in [9.17, 15) is 22.8 Å². The fourth-order valence-corrected chi connectivity index (χ4v) is 4.17. The smallest absolute Gasteiger partial charge is 0.368 e. The summed E-state index contributed by atoms with van der Waals surface area (Å²) in [6, 6.07) is 22.6.